The van der Waals surface area contributed by atoms with Crippen LogP contribution < -0.4 is 0 Å². The number of rotatable bonds is 9. The first-order valence-corrected chi connectivity index (χ1v) is 49.3. The van der Waals surface area contributed by atoms with Crippen molar-refractivity contribution in [2.24, 2.45) is 0 Å². The molecule has 0 aliphatic rings. The Kier molecular flexibility index (Phi) is 19.2. The van der Waals surface area contributed by atoms with Crippen LogP contribution in [-0.2, 0) is 0 Å². The lowest BCUT2D eigenvalue weighted by Gasteiger charge is -2.16. The van der Waals surface area contributed by atoms with E-state index >= 15 is 0 Å². The number of fused-ring (bicyclic) bond motifs is 30. The van der Waals surface area contributed by atoms with Crippen molar-refractivity contribution >= 4 is 206 Å². The van der Waals surface area contributed by atoms with Crippen molar-refractivity contribution in [3.8, 4) is 104 Å². The number of hydrogen-bond acceptors (Lipinski definition) is 9. The van der Waals surface area contributed by atoms with E-state index in [0.29, 0.717) is 33.4 Å². The van der Waals surface area contributed by atoms with Crippen LogP contribution in [0.4, 0.5) is 0 Å². The number of thiophene rings is 1. The molecular formula is C132H72N12O2S. The molecule has 0 unspecified atom stereocenters. The molecule has 147 heavy (non-hydrogen) atoms. The maximum atomic E-state index is 10.6. The highest BCUT2D eigenvalue weighted by molar-refractivity contribution is 7.27. The molecule has 15 heteroatoms. The van der Waals surface area contributed by atoms with E-state index in [9.17, 15) is 31.6 Å². The molecule has 9 heterocycles. The smallest absolute Gasteiger partial charge is 0.145 e. The molecule has 0 aliphatic heterocycles. The molecule has 30 rings (SSSR count). The van der Waals surface area contributed by atoms with Crippen molar-refractivity contribution < 1.29 is 8.83 Å². The lowest BCUT2D eigenvalue weighted by molar-refractivity contribution is 0.673. The number of nitriles is 6. The highest BCUT2D eigenvalue weighted by Crippen LogP contribution is 2.53. The molecule has 0 saturated heterocycles. The highest BCUT2D eigenvalue weighted by atomic mass is 32.1. The van der Waals surface area contributed by atoms with Gasteiger partial charge in [0, 0.05) is 146 Å². The van der Waals surface area contributed by atoms with E-state index in [1.54, 1.807) is 11.3 Å². The minimum atomic E-state index is 0.547. The Balaban J connectivity index is 0.000000107. The summed E-state index contributed by atoms with van der Waals surface area (Å²) < 4.78 is 30.0. The summed E-state index contributed by atoms with van der Waals surface area (Å²) in [6.07, 6.45) is 0. The zero-order chi connectivity index (χ0) is 97.9. The molecule has 0 spiro atoms. The van der Waals surface area contributed by atoms with Crippen molar-refractivity contribution in [1.29, 1.82) is 31.6 Å². The molecule has 0 amide bonds. The first-order chi connectivity index (χ1) is 72.7. The average Bonchev–Trinajstić information content (AvgIpc) is 1.55. The van der Waals surface area contributed by atoms with E-state index in [1.165, 1.54) is 37.3 Å². The fourth-order valence-electron chi connectivity index (χ4n) is 23.2. The van der Waals surface area contributed by atoms with E-state index in [4.69, 9.17) is 8.83 Å². The molecule has 0 bridgehead atoms. The molecule has 0 N–H and O–H groups in total. The second-order valence-corrected chi connectivity index (χ2v) is 38.0. The number of nitrogens with zero attached hydrogens (tertiary/aromatic N) is 12. The van der Waals surface area contributed by atoms with Gasteiger partial charge < -0.3 is 36.2 Å². The zero-order valence-electron chi connectivity index (χ0n) is 78.2. The standard InChI is InChI=1S/2C44H24N4O.C44H24N4S/c45-25-27-20-22-39-36(24-27)30-13-4-6-18-37(30)48(39)42-28(26-46)10-8-15-31(42)32-16-9-17-33-34-21-23-40-41(44(34)49-43(32)33)35-14-5-7-19-38(35)47(40)29-11-2-1-3-12-29;45-25-27-18-21-39-36(23-27)30-11-4-6-15-37(30)48(39)41-24-28(26-46)17-19-31(41)32-13-8-14-33-34-20-22-40-42(44(34)49-43(32)33)35-12-5-7-16-38(35)47(40)29-9-2-1-3-10-29;45-25-27-20-22-38-35(24-27)30-13-4-6-17-36(30)48(38)39-19-8-10-28(26-46)41(39)34-16-9-15-31-32-21-23-40-42(44(32)49-43(31)34)33-14-5-7-18-37(33)47(40)29-11-2-1-3-12-29/h3*1-24H. The molecule has 21 aromatic carbocycles. The largest absolute Gasteiger partial charge is 0.455 e. The number of aromatic nitrogens is 6. The number of furan rings is 2. The summed E-state index contributed by atoms with van der Waals surface area (Å²) in [7, 11) is 0. The Bertz CT molecular complexity index is 11100. The summed E-state index contributed by atoms with van der Waals surface area (Å²) in [5.74, 6) is 0. The van der Waals surface area contributed by atoms with Crippen LogP contribution in [0.25, 0.3) is 262 Å². The van der Waals surface area contributed by atoms with Crippen LogP contribution in [0.2, 0.25) is 0 Å². The van der Waals surface area contributed by atoms with E-state index < -0.39 is 0 Å². The summed E-state index contributed by atoms with van der Waals surface area (Å²) in [6.45, 7) is 0. The third kappa shape index (κ3) is 12.7. The predicted octanol–water partition coefficient (Wildman–Crippen LogP) is 34.0. The van der Waals surface area contributed by atoms with Crippen LogP contribution in [0.3, 0.4) is 0 Å². The van der Waals surface area contributed by atoms with Gasteiger partial charge in [-0.05, 0) is 188 Å². The molecular weight excluding hydrogens is 1820 g/mol. The maximum Gasteiger partial charge on any atom is 0.145 e. The number of benzene rings is 21. The summed E-state index contributed by atoms with van der Waals surface area (Å²) in [5.41, 5.74) is 30.9. The molecule has 0 aliphatic carbocycles. The van der Waals surface area contributed by atoms with Gasteiger partial charge in [0.25, 0.3) is 0 Å². The van der Waals surface area contributed by atoms with E-state index in [0.717, 1.165) is 225 Å². The van der Waals surface area contributed by atoms with Gasteiger partial charge in [-0.25, -0.2) is 0 Å². The summed E-state index contributed by atoms with van der Waals surface area (Å²) in [6, 6.07) is 163. The van der Waals surface area contributed by atoms with E-state index in [1.807, 2.05) is 146 Å². The van der Waals surface area contributed by atoms with Gasteiger partial charge in [0.15, 0.2) is 0 Å². The van der Waals surface area contributed by atoms with Gasteiger partial charge in [0.05, 0.1) is 158 Å². The molecule has 0 radical (unpaired) electrons. The van der Waals surface area contributed by atoms with Crippen LogP contribution in [-0.4, -0.2) is 27.4 Å². The van der Waals surface area contributed by atoms with Crippen molar-refractivity contribution in [3.05, 3.63) is 470 Å². The number of hydrogen-bond donors (Lipinski definition) is 0. The molecule has 0 fully saturated rings. The Labute approximate surface area is 842 Å². The van der Waals surface area contributed by atoms with Crippen molar-refractivity contribution in [2.75, 3.05) is 0 Å². The molecule has 678 valence electrons. The molecule has 14 nitrogen and oxygen atoms in total. The molecule has 0 atom stereocenters. The predicted molar refractivity (Wildman–Crippen MR) is 597 cm³/mol. The van der Waals surface area contributed by atoms with Crippen LogP contribution in [0.15, 0.2) is 446 Å². The van der Waals surface area contributed by atoms with Crippen LogP contribution in [0, 0.1) is 68.0 Å². The van der Waals surface area contributed by atoms with Gasteiger partial charge in [-0.2, -0.15) is 31.6 Å². The lowest BCUT2D eigenvalue weighted by Crippen LogP contribution is -2.01. The third-order valence-electron chi connectivity index (χ3n) is 29.4. The maximum absolute atomic E-state index is 10.6. The monoisotopic (exact) mass is 1890 g/mol. The van der Waals surface area contributed by atoms with Gasteiger partial charge in [-0.3, -0.25) is 0 Å². The van der Waals surface area contributed by atoms with E-state index in [-0.39, 0.29) is 0 Å². The Morgan fingerprint density at radius 2 is 0.503 bits per heavy atom. The van der Waals surface area contributed by atoms with Gasteiger partial charge in [0.2, 0.25) is 0 Å². The van der Waals surface area contributed by atoms with Crippen LogP contribution in [0.5, 0.6) is 0 Å². The van der Waals surface area contributed by atoms with Gasteiger partial charge in [0.1, 0.15) is 28.4 Å². The lowest BCUT2D eigenvalue weighted by atomic mass is 9.96. The van der Waals surface area contributed by atoms with Gasteiger partial charge in [-0.1, -0.05) is 249 Å². The second-order valence-electron chi connectivity index (χ2n) is 37.0. The average molecular weight is 1890 g/mol. The second kappa shape index (κ2) is 33.5. The first-order valence-electron chi connectivity index (χ1n) is 48.4. The topological polar surface area (TPSA) is 199 Å². The highest BCUT2D eigenvalue weighted by Gasteiger charge is 2.30. The summed E-state index contributed by atoms with van der Waals surface area (Å²) >= 11 is 1.81. The molecule has 30 aromatic rings. The van der Waals surface area contributed by atoms with E-state index in [2.05, 4.69) is 355 Å². The fourth-order valence-corrected chi connectivity index (χ4v) is 24.6. The zero-order valence-corrected chi connectivity index (χ0v) is 79.0. The molecule has 0 saturated carbocycles. The summed E-state index contributed by atoms with van der Waals surface area (Å²) in [5, 5.41) is 79.7. The minimum Gasteiger partial charge on any atom is -0.455 e. The van der Waals surface area contributed by atoms with Crippen molar-refractivity contribution in [2.45, 2.75) is 0 Å². The van der Waals surface area contributed by atoms with Gasteiger partial charge >= 0.3 is 0 Å². The quantitative estimate of drug-likeness (QED) is 0.136. The van der Waals surface area contributed by atoms with Gasteiger partial charge in [-0.15, -0.1) is 11.3 Å². The fraction of sp³-hybridized carbons (Fsp3) is 0. The molecule has 9 aromatic heterocycles. The summed E-state index contributed by atoms with van der Waals surface area (Å²) in [4.78, 5) is 0. The normalized spacial score (nSPS) is 11.6. The van der Waals surface area contributed by atoms with Crippen molar-refractivity contribution in [1.82, 2.24) is 27.4 Å². The minimum absolute atomic E-state index is 0.547. The Hall–Kier alpha value is -20.8. The van der Waals surface area contributed by atoms with Crippen LogP contribution in [0.1, 0.15) is 33.4 Å². The van der Waals surface area contributed by atoms with Crippen molar-refractivity contribution in [3.63, 3.8) is 0 Å². The van der Waals surface area contributed by atoms with Crippen LogP contribution >= 0.6 is 11.3 Å². The Morgan fingerprint density at radius 3 is 0.973 bits per heavy atom. The SMILES string of the molecule is N#Cc1ccc(-c2cccc3c2oc2c3ccc3c2c2ccccc2n3-c2ccccc2)c(-n2c3ccccc3c3cc(C#N)ccc32)c1.N#Cc1ccc2c(c1)c1ccccc1n2-c1c(C#N)cccc1-c1cccc2c1oc1c2ccc2c1c1ccccc1n2-c1ccccc1.N#Cc1ccc2c(c1)c1ccccc1n2-c1cccc(C#N)c1-c1cccc2c1sc1c2ccc2c1c1ccccc1n2-c1ccccc1. The third-order valence-corrected chi connectivity index (χ3v) is 30.6. The Morgan fingerprint density at radius 1 is 0.184 bits per heavy atom. The number of para-hydroxylation sites is 12. The first kappa shape index (κ1) is 84.3.